The highest BCUT2D eigenvalue weighted by Gasteiger charge is 2.21. The second kappa shape index (κ2) is 7.44. The van der Waals surface area contributed by atoms with Gasteiger partial charge in [-0.2, -0.15) is 0 Å². The van der Waals surface area contributed by atoms with E-state index in [-0.39, 0.29) is 21.5 Å². The minimum absolute atomic E-state index is 0.0525. The minimum Gasteiger partial charge on any atom is -0.340 e. The van der Waals surface area contributed by atoms with Gasteiger partial charge in [0, 0.05) is 29.4 Å². The number of benzene rings is 1. The number of halogens is 1. The van der Waals surface area contributed by atoms with Crippen LogP contribution in [0.1, 0.15) is 37.3 Å². The fourth-order valence-electron chi connectivity index (χ4n) is 3.88. The molecule has 1 aromatic carbocycles. The summed E-state index contributed by atoms with van der Waals surface area (Å²) in [6.07, 6.45) is 5.78. The Balaban J connectivity index is 1.77. The van der Waals surface area contributed by atoms with E-state index in [1.165, 1.54) is 12.1 Å². The van der Waals surface area contributed by atoms with Gasteiger partial charge in [0.25, 0.3) is 5.56 Å². The van der Waals surface area contributed by atoms with Crippen molar-refractivity contribution in [2.24, 2.45) is 5.14 Å². The highest BCUT2D eigenvalue weighted by Crippen LogP contribution is 2.32. The number of primary sulfonamides is 1. The normalized spacial score (nSPS) is 15.1. The van der Waals surface area contributed by atoms with Gasteiger partial charge in [0.15, 0.2) is 0 Å². The molecular formula is C20H21ClN4O3S. The van der Waals surface area contributed by atoms with Crippen molar-refractivity contribution < 1.29 is 8.42 Å². The van der Waals surface area contributed by atoms with Gasteiger partial charge in [0.05, 0.1) is 10.4 Å². The molecule has 9 heteroatoms. The zero-order valence-corrected chi connectivity index (χ0v) is 17.4. The van der Waals surface area contributed by atoms with Crippen molar-refractivity contribution in [3.05, 3.63) is 57.5 Å². The van der Waals surface area contributed by atoms with Gasteiger partial charge in [0.1, 0.15) is 10.8 Å². The fraction of sp³-hybridized carbons (Fsp3) is 0.300. The summed E-state index contributed by atoms with van der Waals surface area (Å²) in [5.41, 5.74) is 2.01. The van der Waals surface area contributed by atoms with Crippen LogP contribution in [0.3, 0.4) is 0 Å². The van der Waals surface area contributed by atoms with Gasteiger partial charge in [-0.1, -0.05) is 24.4 Å². The van der Waals surface area contributed by atoms with Crippen LogP contribution in [0.2, 0.25) is 5.02 Å². The standard InChI is InChI=1S/C20H21ClN4O3S/c1-12-8-15(29(22,27)28)6-7-17(12)24-19-10-18-13(11-23-19)9-16(21)20(26)25(18)14-4-2-3-5-14/h6-11,14H,2-5H2,1H3,(H,23,24)(H2,22,27,28). The maximum atomic E-state index is 12.7. The number of hydrogen-bond acceptors (Lipinski definition) is 5. The molecular weight excluding hydrogens is 412 g/mol. The maximum Gasteiger partial charge on any atom is 0.270 e. The summed E-state index contributed by atoms with van der Waals surface area (Å²) < 4.78 is 24.8. The SMILES string of the molecule is Cc1cc(S(N)(=O)=O)ccc1Nc1cc2c(cn1)cc(Cl)c(=O)n2C1CCCC1. The number of nitrogens with one attached hydrogen (secondary N) is 1. The topological polar surface area (TPSA) is 107 Å². The van der Waals surface area contributed by atoms with Crippen LogP contribution in [0.15, 0.2) is 46.2 Å². The summed E-state index contributed by atoms with van der Waals surface area (Å²) in [4.78, 5) is 17.2. The molecule has 4 rings (SSSR count). The highest BCUT2D eigenvalue weighted by atomic mass is 35.5. The number of sulfonamides is 1. The molecule has 29 heavy (non-hydrogen) atoms. The van der Waals surface area contributed by atoms with Crippen LogP contribution in [0.4, 0.5) is 11.5 Å². The summed E-state index contributed by atoms with van der Waals surface area (Å²) >= 11 is 6.18. The average Bonchev–Trinajstić information content (AvgIpc) is 3.18. The van der Waals surface area contributed by atoms with Gasteiger partial charge in [0.2, 0.25) is 10.0 Å². The molecule has 0 saturated heterocycles. The lowest BCUT2D eigenvalue weighted by Crippen LogP contribution is -2.24. The number of anilines is 2. The van der Waals surface area contributed by atoms with Crippen molar-refractivity contribution in [3.63, 3.8) is 0 Å². The second-order valence-corrected chi connectivity index (χ2v) is 9.35. The van der Waals surface area contributed by atoms with Gasteiger partial charge in [-0.05, 0) is 49.6 Å². The van der Waals surface area contributed by atoms with Crippen molar-refractivity contribution >= 4 is 44.0 Å². The monoisotopic (exact) mass is 432 g/mol. The van der Waals surface area contributed by atoms with Crippen LogP contribution >= 0.6 is 11.6 Å². The van der Waals surface area contributed by atoms with E-state index in [0.29, 0.717) is 17.1 Å². The zero-order valence-electron chi connectivity index (χ0n) is 15.9. The van der Waals surface area contributed by atoms with Crippen molar-refractivity contribution in [2.45, 2.75) is 43.5 Å². The lowest BCUT2D eigenvalue weighted by molar-refractivity contribution is 0.519. The average molecular weight is 433 g/mol. The smallest absolute Gasteiger partial charge is 0.270 e. The molecule has 1 fully saturated rings. The van der Waals surface area contributed by atoms with Gasteiger partial charge >= 0.3 is 0 Å². The lowest BCUT2D eigenvalue weighted by atomic mass is 10.1. The number of fused-ring (bicyclic) bond motifs is 1. The van der Waals surface area contributed by atoms with Crippen molar-refractivity contribution in [3.8, 4) is 0 Å². The molecule has 0 spiro atoms. The Morgan fingerprint density at radius 1 is 1.21 bits per heavy atom. The van der Waals surface area contributed by atoms with Crippen LogP contribution in [-0.4, -0.2) is 18.0 Å². The molecule has 1 aliphatic carbocycles. The van der Waals surface area contributed by atoms with Crippen molar-refractivity contribution in [1.82, 2.24) is 9.55 Å². The molecule has 3 N–H and O–H groups in total. The van der Waals surface area contributed by atoms with E-state index >= 15 is 0 Å². The molecule has 0 unspecified atom stereocenters. The minimum atomic E-state index is -3.76. The molecule has 2 heterocycles. The molecule has 0 atom stereocenters. The summed E-state index contributed by atoms with van der Waals surface area (Å²) in [6.45, 7) is 1.78. The first kappa shape index (κ1) is 19.9. The predicted octanol–water partition coefficient (Wildman–Crippen LogP) is 3.86. The summed E-state index contributed by atoms with van der Waals surface area (Å²) in [5, 5.41) is 9.38. The molecule has 1 saturated carbocycles. The molecule has 0 radical (unpaired) electrons. The summed E-state index contributed by atoms with van der Waals surface area (Å²) in [5.74, 6) is 0.553. The summed E-state index contributed by atoms with van der Waals surface area (Å²) in [6, 6.07) is 8.21. The van der Waals surface area contributed by atoms with E-state index in [4.69, 9.17) is 16.7 Å². The van der Waals surface area contributed by atoms with Gasteiger partial charge in [-0.3, -0.25) is 4.79 Å². The molecule has 1 aliphatic rings. The number of hydrogen-bond donors (Lipinski definition) is 2. The molecule has 2 aromatic heterocycles. The third kappa shape index (κ3) is 3.88. The van der Waals surface area contributed by atoms with E-state index in [0.717, 1.165) is 36.6 Å². The molecule has 0 aliphatic heterocycles. The first-order valence-electron chi connectivity index (χ1n) is 9.35. The zero-order chi connectivity index (χ0) is 20.8. The number of nitrogens with two attached hydrogens (primary N) is 1. The quantitative estimate of drug-likeness (QED) is 0.650. The maximum absolute atomic E-state index is 12.7. The number of nitrogens with zero attached hydrogens (tertiary/aromatic N) is 2. The number of rotatable bonds is 4. The predicted molar refractivity (Wildman–Crippen MR) is 114 cm³/mol. The van der Waals surface area contributed by atoms with E-state index in [9.17, 15) is 13.2 Å². The van der Waals surface area contributed by atoms with Crippen LogP contribution in [0, 0.1) is 6.92 Å². The Kier molecular flexibility index (Phi) is 5.10. The lowest BCUT2D eigenvalue weighted by Gasteiger charge is -2.18. The van der Waals surface area contributed by atoms with Crippen LogP contribution in [0.5, 0.6) is 0 Å². The Hall–Kier alpha value is -2.42. The van der Waals surface area contributed by atoms with E-state index in [1.54, 1.807) is 29.8 Å². The van der Waals surface area contributed by atoms with Crippen LogP contribution in [0.25, 0.3) is 10.9 Å². The molecule has 0 amide bonds. The first-order chi connectivity index (χ1) is 13.7. The number of aromatic nitrogens is 2. The Morgan fingerprint density at radius 2 is 1.93 bits per heavy atom. The van der Waals surface area contributed by atoms with E-state index in [2.05, 4.69) is 10.3 Å². The second-order valence-electron chi connectivity index (χ2n) is 7.38. The number of aryl methyl sites for hydroxylation is 1. The first-order valence-corrected chi connectivity index (χ1v) is 11.3. The molecule has 7 nitrogen and oxygen atoms in total. The van der Waals surface area contributed by atoms with Gasteiger partial charge in [-0.25, -0.2) is 18.5 Å². The van der Waals surface area contributed by atoms with Crippen LogP contribution < -0.4 is 16.0 Å². The third-order valence-corrected chi connectivity index (χ3v) is 6.54. The summed E-state index contributed by atoms with van der Waals surface area (Å²) in [7, 11) is -3.76. The molecule has 0 bridgehead atoms. The van der Waals surface area contributed by atoms with E-state index in [1.807, 2.05) is 6.07 Å². The van der Waals surface area contributed by atoms with Gasteiger partial charge in [-0.15, -0.1) is 0 Å². The molecule has 3 aromatic rings. The Bertz CT molecular complexity index is 1260. The third-order valence-electron chi connectivity index (χ3n) is 5.36. The van der Waals surface area contributed by atoms with Gasteiger partial charge < -0.3 is 9.88 Å². The van der Waals surface area contributed by atoms with Crippen molar-refractivity contribution in [2.75, 3.05) is 5.32 Å². The Labute approximate surface area is 173 Å². The van der Waals surface area contributed by atoms with E-state index < -0.39 is 10.0 Å². The molecule has 152 valence electrons. The largest absolute Gasteiger partial charge is 0.340 e. The number of pyridine rings is 2. The van der Waals surface area contributed by atoms with Crippen LogP contribution in [-0.2, 0) is 10.0 Å². The fourth-order valence-corrected chi connectivity index (χ4v) is 4.69. The van der Waals surface area contributed by atoms with Crippen molar-refractivity contribution in [1.29, 1.82) is 0 Å². The Morgan fingerprint density at radius 3 is 2.59 bits per heavy atom. The highest BCUT2D eigenvalue weighted by molar-refractivity contribution is 7.89.